The van der Waals surface area contributed by atoms with Crippen molar-refractivity contribution in [3.63, 3.8) is 0 Å². The molecule has 4 nitrogen and oxygen atoms in total. The van der Waals surface area contributed by atoms with E-state index in [9.17, 15) is 0 Å². The van der Waals surface area contributed by atoms with Crippen LogP contribution in [-0.4, -0.2) is 5.66 Å². The minimum atomic E-state index is -5.39. The number of phosphoric acid groups is 1. The fourth-order valence-electron chi connectivity index (χ4n) is 3.84. The Hall–Kier alpha value is -1.80. The molecule has 4 rings (SSSR count). The van der Waals surface area contributed by atoms with Crippen molar-refractivity contribution >= 4 is 31.0 Å². The Morgan fingerprint density at radius 3 is 1.14 bits per heavy atom. The molecule has 0 aromatic heterocycles. The Kier molecular flexibility index (Phi) is 6.82. The van der Waals surface area contributed by atoms with E-state index in [4.69, 9.17) is 19.2 Å². The summed E-state index contributed by atoms with van der Waals surface area (Å²) in [7, 11) is -6.95. The first-order valence-electron chi connectivity index (χ1n) is 9.21. The van der Waals surface area contributed by atoms with Gasteiger partial charge >= 0.3 is 0 Å². The van der Waals surface area contributed by atoms with Crippen molar-refractivity contribution in [2.45, 2.75) is 24.9 Å². The standard InChI is InChI=1S/C22H22P.H3O4P/c1-4-11-19(12-5-1)23(22-17-10-18-22,20-13-6-2-7-14-20)21-15-8-3-9-16-21;1-5(2,3)4/h1-9,11-16,22H,10,17-18H2;(H3,1,2,3,4)/q+1;/p-3. The highest BCUT2D eigenvalue weighted by Crippen LogP contribution is 2.65. The van der Waals surface area contributed by atoms with Gasteiger partial charge in [-0.15, -0.1) is 0 Å². The van der Waals surface area contributed by atoms with Gasteiger partial charge in [0.15, 0.2) is 0 Å². The minimum absolute atomic E-state index is 0.787. The molecule has 0 N–H and O–H groups in total. The molecule has 0 bridgehead atoms. The minimum Gasteiger partial charge on any atom is -0.822 e. The highest BCUT2D eigenvalue weighted by molar-refractivity contribution is 7.96. The molecule has 3 aromatic carbocycles. The van der Waals surface area contributed by atoms with Gasteiger partial charge < -0.3 is 19.2 Å². The largest absolute Gasteiger partial charge is 0.822 e. The molecule has 0 heterocycles. The highest BCUT2D eigenvalue weighted by Gasteiger charge is 2.54. The molecule has 28 heavy (non-hydrogen) atoms. The Bertz CT molecular complexity index is 802. The first-order valence-corrected chi connectivity index (χ1v) is 12.5. The normalized spacial score (nSPS) is 14.5. The lowest BCUT2D eigenvalue weighted by molar-refractivity contribution is -0.432. The molecular formula is C22H22O4P2-2. The average Bonchev–Trinajstić information content (AvgIpc) is 2.65. The van der Waals surface area contributed by atoms with Crippen LogP contribution in [0.1, 0.15) is 19.3 Å². The van der Waals surface area contributed by atoms with Gasteiger partial charge in [-0.25, -0.2) is 0 Å². The molecule has 6 heteroatoms. The van der Waals surface area contributed by atoms with Crippen LogP contribution in [0.5, 0.6) is 0 Å². The third-order valence-corrected chi connectivity index (χ3v) is 10.1. The van der Waals surface area contributed by atoms with Crippen LogP contribution in [0.3, 0.4) is 0 Å². The number of hydrogen-bond acceptors (Lipinski definition) is 4. The molecule has 0 amide bonds. The Balaban J connectivity index is 0.000000403. The molecule has 1 aliphatic rings. The summed E-state index contributed by atoms with van der Waals surface area (Å²) in [5.41, 5.74) is 0.787. The van der Waals surface area contributed by atoms with Crippen molar-refractivity contribution < 1.29 is 19.2 Å². The zero-order valence-corrected chi connectivity index (χ0v) is 17.2. The van der Waals surface area contributed by atoms with Gasteiger partial charge in [-0.1, -0.05) is 54.6 Å². The summed E-state index contributed by atoms with van der Waals surface area (Å²) >= 11 is 0. The van der Waals surface area contributed by atoms with E-state index < -0.39 is 15.1 Å². The van der Waals surface area contributed by atoms with Gasteiger partial charge in [-0.2, -0.15) is 7.82 Å². The summed E-state index contributed by atoms with van der Waals surface area (Å²) in [5, 5.41) is 4.59. The van der Waals surface area contributed by atoms with Gasteiger partial charge in [0, 0.05) is 0 Å². The van der Waals surface area contributed by atoms with Gasteiger partial charge in [0.25, 0.3) is 0 Å². The summed E-state index contributed by atoms with van der Waals surface area (Å²) in [6, 6.07) is 33.7. The SMILES string of the molecule is O=P([O-])([O-])[O-].c1ccc([P+](c2ccccc2)(c2ccccc2)C2CCC2)cc1. The monoisotopic (exact) mass is 412 g/mol. The van der Waals surface area contributed by atoms with E-state index in [0.717, 1.165) is 5.66 Å². The molecule has 1 saturated carbocycles. The smallest absolute Gasteiger partial charge is 0.115 e. The predicted octanol–water partition coefficient (Wildman–Crippen LogP) is 1.71. The Labute approximate surface area is 166 Å². The Morgan fingerprint density at radius 1 is 0.643 bits per heavy atom. The molecule has 0 atom stereocenters. The van der Waals surface area contributed by atoms with E-state index in [1.165, 1.54) is 35.2 Å². The quantitative estimate of drug-likeness (QED) is 0.611. The number of rotatable bonds is 4. The first-order chi connectivity index (χ1) is 13.4. The second-order valence-electron chi connectivity index (χ2n) is 6.76. The van der Waals surface area contributed by atoms with Crippen LogP contribution < -0.4 is 30.6 Å². The van der Waals surface area contributed by atoms with Crippen LogP contribution in [0.4, 0.5) is 0 Å². The zero-order chi connectivity index (χ0) is 20.0. The van der Waals surface area contributed by atoms with E-state index in [-0.39, 0.29) is 0 Å². The van der Waals surface area contributed by atoms with Gasteiger partial charge in [-0.05, 0) is 55.7 Å². The zero-order valence-electron chi connectivity index (χ0n) is 15.4. The van der Waals surface area contributed by atoms with E-state index in [1.54, 1.807) is 0 Å². The topological polar surface area (TPSA) is 86.2 Å². The second-order valence-corrected chi connectivity index (χ2v) is 11.4. The third-order valence-electron chi connectivity index (χ3n) is 5.11. The van der Waals surface area contributed by atoms with Crippen molar-refractivity contribution in [3.05, 3.63) is 91.0 Å². The molecule has 0 aliphatic heterocycles. The summed E-state index contributed by atoms with van der Waals surface area (Å²) in [6.07, 6.45) is 4.08. The maximum atomic E-state index is 8.55. The molecule has 0 spiro atoms. The molecule has 0 unspecified atom stereocenters. The summed E-state index contributed by atoms with van der Waals surface area (Å²) in [4.78, 5) is 25.6. The highest BCUT2D eigenvalue weighted by atomic mass is 31.2. The lowest BCUT2D eigenvalue weighted by atomic mass is 10.00. The van der Waals surface area contributed by atoms with Crippen molar-refractivity contribution in [2.75, 3.05) is 0 Å². The molecule has 1 aliphatic carbocycles. The lowest BCUT2D eigenvalue weighted by Crippen LogP contribution is -2.41. The van der Waals surface area contributed by atoms with Gasteiger partial charge in [0.1, 0.15) is 23.2 Å². The van der Waals surface area contributed by atoms with Crippen LogP contribution >= 0.6 is 15.1 Å². The predicted molar refractivity (Wildman–Crippen MR) is 110 cm³/mol. The average molecular weight is 412 g/mol. The van der Waals surface area contributed by atoms with Gasteiger partial charge in [0.05, 0.1) is 5.66 Å². The molecular weight excluding hydrogens is 390 g/mol. The van der Waals surface area contributed by atoms with Crippen LogP contribution in [0.2, 0.25) is 0 Å². The van der Waals surface area contributed by atoms with E-state index in [2.05, 4.69) is 91.0 Å². The van der Waals surface area contributed by atoms with Crippen LogP contribution in [-0.2, 0) is 4.57 Å². The molecule has 3 aromatic rings. The van der Waals surface area contributed by atoms with Crippen molar-refractivity contribution in [2.24, 2.45) is 0 Å². The summed E-state index contributed by atoms with van der Waals surface area (Å²) < 4.78 is 8.55. The number of benzene rings is 3. The molecule has 146 valence electrons. The first kappa shape index (κ1) is 20.9. The van der Waals surface area contributed by atoms with Gasteiger partial charge in [0.2, 0.25) is 0 Å². The maximum Gasteiger partial charge on any atom is 0.115 e. The lowest BCUT2D eigenvalue weighted by Gasteiger charge is -2.39. The van der Waals surface area contributed by atoms with Gasteiger partial charge in [-0.3, -0.25) is 0 Å². The second kappa shape index (κ2) is 9.13. The summed E-state index contributed by atoms with van der Waals surface area (Å²) in [6.45, 7) is 0. The van der Waals surface area contributed by atoms with E-state index in [0.29, 0.717) is 0 Å². The van der Waals surface area contributed by atoms with Crippen molar-refractivity contribution in [3.8, 4) is 0 Å². The van der Waals surface area contributed by atoms with Crippen LogP contribution in [0.25, 0.3) is 0 Å². The van der Waals surface area contributed by atoms with E-state index in [1.807, 2.05) is 0 Å². The van der Waals surface area contributed by atoms with Crippen molar-refractivity contribution in [1.29, 1.82) is 0 Å². The fourth-order valence-corrected chi connectivity index (χ4v) is 9.07. The molecule has 0 radical (unpaired) electrons. The van der Waals surface area contributed by atoms with Crippen LogP contribution in [0, 0.1) is 0 Å². The maximum absolute atomic E-state index is 8.55. The number of hydrogen-bond donors (Lipinski definition) is 0. The molecule has 0 saturated heterocycles. The van der Waals surface area contributed by atoms with E-state index >= 15 is 0 Å². The fraction of sp³-hybridized carbons (Fsp3) is 0.182. The van der Waals surface area contributed by atoms with Crippen LogP contribution in [0.15, 0.2) is 91.0 Å². The molecule has 1 fully saturated rings. The third kappa shape index (κ3) is 4.78. The Morgan fingerprint density at radius 2 is 0.929 bits per heavy atom. The summed E-state index contributed by atoms with van der Waals surface area (Å²) in [5.74, 6) is 0. The van der Waals surface area contributed by atoms with Crippen molar-refractivity contribution in [1.82, 2.24) is 0 Å².